The molecule has 0 bridgehead atoms. The van der Waals surface area contributed by atoms with Gasteiger partial charge in [0.2, 0.25) is 0 Å². The SMILES string of the molecule is O=C(CN1CCC(c2cc(-c3ccc(Cl)cc3)nn2-c2ncccn2)CC1)C1=CC=CC=CC1. The van der Waals surface area contributed by atoms with E-state index in [0.717, 1.165) is 48.5 Å². The number of ketones is 1. The quantitative estimate of drug-likeness (QED) is 0.496. The Balaban J connectivity index is 1.33. The van der Waals surface area contributed by atoms with E-state index in [4.69, 9.17) is 16.7 Å². The van der Waals surface area contributed by atoms with Gasteiger partial charge in [-0.2, -0.15) is 5.10 Å². The van der Waals surface area contributed by atoms with E-state index < -0.39 is 0 Å². The number of benzene rings is 1. The van der Waals surface area contributed by atoms with E-state index in [-0.39, 0.29) is 5.78 Å². The zero-order valence-electron chi connectivity index (χ0n) is 18.8. The van der Waals surface area contributed by atoms with Crippen LogP contribution in [-0.4, -0.2) is 50.1 Å². The minimum Gasteiger partial charge on any atom is -0.296 e. The van der Waals surface area contributed by atoms with Crippen LogP contribution in [0.1, 0.15) is 30.9 Å². The molecule has 2 aliphatic rings. The summed E-state index contributed by atoms with van der Waals surface area (Å²) in [6.45, 7) is 2.20. The van der Waals surface area contributed by atoms with Crippen LogP contribution in [0.5, 0.6) is 0 Å². The van der Waals surface area contributed by atoms with E-state index in [0.29, 0.717) is 29.9 Å². The maximum absolute atomic E-state index is 12.8. The lowest BCUT2D eigenvalue weighted by molar-refractivity contribution is -0.117. The van der Waals surface area contributed by atoms with Crippen molar-refractivity contribution in [3.05, 3.63) is 95.5 Å². The van der Waals surface area contributed by atoms with E-state index in [1.165, 1.54) is 0 Å². The first-order chi connectivity index (χ1) is 16.7. The molecule has 1 aliphatic carbocycles. The molecule has 6 nitrogen and oxygen atoms in total. The first kappa shape index (κ1) is 22.4. The molecule has 0 radical (unpaired) electrons. The lowest BCUT2D eigenvalue weighted by Gasteiger charge is -2.31. The van der Waals surface area contributed by atoms with Gasteiger partial charge >= 0.3 is 0 Å². The first-order valence-corrected chi connectivity index (χ1v) is 12.0. The van der Waals surface area contributed by atoms with Crippen molar-refractivity contribution >= 4 is 17.4 Å². The van der Waals surface area contributed by atoms with Gasteiger partial charge in [0.15, 0.2) is 5.78 Å². The van der Waals surface area contributed by atoms with Gasteiger partial charge in [-0.3, -0.25) is 9.69 Å². The van der Waals surface area contributed by atoms with Crippen LogP contribution in [-0.2, 0) is 4.79 Å². The second kappa shape index (κ2) is 10.3. The predicted molar refractivity (Wildman–Crippen MR) is 134 cm³/mol. The molecule has 1 fully saturated rings. The minimum atomic E-state index is 0.211. The zero-order valence-corrected chi connectivity index (χ0v) is 19.6. The Morgan fingerprint density at radius 3 is 2.56 bits per heavy atom. The van der Waals surface area contributed by atoms with Gasteiger partial charge in [-0.25, -0.2) is 14.6 Å². The fourth-order valence-corrected chi connectivity index (χ4v) is 4.61. The third-order valence-corrected chi connectivity index (χ3v) is 6.60. The van der Waals surface area contributed by atoms with Crippen LogP contribution in [0.25, 0.3) is 17.2 Å². The third-order valence-electron chi connectivity index (χ3n) is 6.34. The molecular weight excluding hydrogens is 446 g/mol. The Labute approximate surface area is 204 Å². The van der Waals surface area contributed by atoms with E-state index in [9.17, 15) is 4.79 Å². The summed E-state index contributed by atoms with van der Waals surface area (Å²) in [7, 11) is 0. The average molecular weight is 472 g/mol. The summed E-state index contributed by atoms with van der Waals surface area (Å²) in [4.78, 5) is 23.9. The van der Waals surface area contributed by atoms with Crippen LogP contribution < -0.4 is 0 Å². The summed E-state index contributed by atoms with van der Waals surface area (Å²) >= 11 is 6.08. The Kier molecular flexibility index (Phi) is 6.79. The highest BCUT2D eigenvalue weighted by molar-refractivity contribution is 6.30. The summed E-state index contributed by atoms with van der Waals surface area (Å²) in [6.07, 6.45) is 15.9. The van der Waals surface area contributed by atoms with Gasteiger partial charge in [-0.05, 0) is 56.6 Å². The lowest BCUT2D eigenvalue weighted by Crippen LogP contribution is -2.37. The van der Waals surface area contributed by atoms with Crippen molar-refractivity contribution in [3.63, 3.8) is 0 Å². The molecule has 0 amide bonds. The summed E-state index contributed by atoms with van der Waals surface area (Å²) in [6, 6.07) is 11.6. The summed E-state index contributed by atoms with van der Waals surface area (Å²) in [5, 5.41) is 5.55. The Morgan fingerprint density at radius 1 is 1.03 bits per heavy atom. The van der Waals surface area contributed by atoms with E-state index in [2.05, 4.69) is 20.9 Å². The fourth-order valence-electron chi connectivity index (χ4n) is 4.48. The number of halogens is 1. The van der Waals surface area contributed by atoms with Crippen molar-refractivity contribution in [2.45, 2.75) is 25.2 Å². The predicted octanol–water partition coefficient (Wildman–Crippen LogP) is 5.17. The average Bonchev–Trinajstić information content (AvgIpc) is 3.13. The molecule has 0 unspecified atom stereocenters. The van der Waals surface area contributed by atoms with Crippen LogP contribution in [0.15, 0.2) is 84.7 Å². The number of carbonyl (C=O) groups is 1. The molecule has 1 aromatic carbocycles. The van der Waals surface area contributed by atoms with Gasteiger partial charge in [-0.1, -0.05) is 54.1 Å². The van der Waals surface area contributed by atoms with Gasteiger partial charge in [-0.15, -0.1) is 0 Å². The molecule has 5 rings (SSSR count). The second-order valence-corrected chi connectivity index (χ2v) is 9.04. The Hall–Kier alpha value is -3.35. The lowest BCUT2D eigenvalue weighted by atomic mass is 9.92. The molecule has 2 aromatic heterocycles. The first-order valence-electron chi connectivity index (χ1n) is 11.6. The van der Waals surface area contributed by atoms with Gasteiger partial charge in [0.1, 0.15) is 0 Å². The number of likely N-dealkylation sites (tertiary alicyclic amines) is 1. The molecular formula is C27H26ClN5O. The summed E-state index contributed by atoms with van der Waals surface area (Å²) in [5.74, 6) is 1.09. The third kappa shape index (κ3) is 5.08. The number of rotatable bonds is 6. The van der Waals surface area contributed by atoms with E-state index in [1.54, 1.807) is 18.5 Å². The van der Waals surface area contributed by atoms with Crippen molar-refractivity contribution < 1.29 is 4.79 Å². The Bertz CT molecular complexity index is 1240. The highest BCUT2D eigenvalue weighted by Crippen LogP contribution is 2.32. The van der Waals surface area contributed by atoms with Crippen LogP contribution in [0, 0.1) is 0 Å². The summed E-state index contributed by atoms with van der Waals surface area (Å²) in [5.41, 5.74) is 3.85. The largest absolute Gasteiger partial charge is 0.296 e. The maximum Gasteiger partial charge on any atom is 0.250 e. The summed E-state index contributed by atoms with van der Waals surface area (Å²) < 4.78 is 1.87. The molecule has 7 heteroatoms. The highest BCUT2D eigenvalue weighted by atomic mass is 35.5. The smallest absolute Gasteiger partial charge is 0.250 e. The fraction of sp³-hybridized carbons (Fsp3) is 0.259. The van der Waals surface area contributed by atoms with Gasteiger partial charge < -0.3 is 0 Å². The zero-order chi connectivity index (χ0) is 23.3. The van der Waals surface area contributed by atoms with Gasteiger partial charge in [0.25, 0.3) is 5.95 Å². The van der Waals surface area contributed by atoms with Crippen molar-refractivity contribution in [1.29, 1.82) is 0 Å². The normalized spacial score (nSPS) is 16.9. The second-order valence-electron chi connectivity index (χ2n) is 8.60. The highest BCUT2D eigenvalue weighted by Gasteiger charge is 2.27. The van der Waals surface area contributed by atoms with E-state index in [1.807, 2.05) is 59.3 Å². The molecule has 1 saturated heterocycles. The van der Waals surface area contributed by atoms with Crippen LogP contribution in [0.3, 0.4) is 0 Å². The number of piperidine rings is 1. The van der Waals surface area contributed by atoms with Crippen molar-refractivity contribution in [2.75, 3.05) is 19.6 Å². The molecule has 0 atom stereocenters. The van der Waals surface area contributed by atoms with Gasteiger partial charge in [0.05, 0.1) is 17.9 Å². The topological polar surface area (TPSA) is 63.9 Å². The molecule has 3 heterocycles. The molecule has 172 valence electrons. The number of Topliss-reactive ketones (excluding diaryl/α,β-unsaturated/α-hetero) is 1. The van der Waals surface area contributed by atoms with Crippen LogP contribution in [0.4, 0.5) is 0 Å². The number of aromatic nitrogens is 4. The minimum absolute atomic E-state index is 0.211. The van der Waals surface area contributed by atoms with Gasteiger partial charge in [0, 0.05) is 34.5 Å². The number of carbonyl (C=O) groups excluding carboxylic acids is 1. The van der Waals surface area contributed by atoms with Crippen molar-refractivity contribution in [3.8, 4) is 17.2 Å². The molecule has 3 aromatic rings. The van der Waals surface area contributed by atoms with Crippen molar-refractivity contribution in [1.82, 2.24) is 24.6 Å². The number of hydrogen-bond donors (Lipinski definition) is 0. The molecule has 1 aliphatic heterocycles. The molecule has 0 spiro atoms. The molecule has 0 saturated carbocycles. The number of nitrogens with zero attached hydrogens (tertiary/aromatic N) is 5. The van der Waals surface area contributed by atoms with E-state index >= 15 is 0 Å². The van der Waals surface area contributed by atoms with Crippen LogP contribution >= 0.6 is 11.6 Å². The molecule has 34 heavy (non-hydrogen) atoms. The maximum atomic E-state index is 12.8. The van der Waals surface area contributed by atoms with Crippen LogP contribution in [0.2, 0.25) is 5.02 Å². The number of allylic oxidation sites excluding steroid dienone is 5. The standard InChI is InChI=1S/C27H26ClN5O/c28-23-10-8-20(9-11-23)24-18-25(33(31-24)27-29-14-5-15-30-27)21-12-16-32(17-13-21)19-26(34)22-6-3-1-2-4-7-22/h1-6,8-11,14-15,18,21H,7,12-13,16-17,19H2. The number of hydrogen-bond acceptors (Lipinski definition) is 5. The Morgan fingerprint density at radius 2 is 1.79 bits per heavy atom. The monoisotopic (exact) mass is 471 g/mol. The van der Waals surface area contributed by atoms with Crippen molar-refractivity contribution in [2.24, 2.45) is 0 Å². The molecule has 0 N–H and O–H groups in total.